The molecule has 122 valence electrons. The molecule has 0 saturated carbocycles. The van der Waals surface area contributed by atoms with Gasteiger partial charge in [-0.05, 0) is 23.8 Å². The monoisotopic (exact) mass is 323 g/mol. The molecule has 0 spiro atoms. The van der Waals surface area contributed by atoms with Crippen molar-refractivity contribution in [2.75, 3.05) is 31.2 Å². The number of carbonyl (C=O) groups is 1. The standard InChI is InChI=1S/C17H17N5O2/c18-16(23)13-3-1-2-12(10-13)14-11-20-22-15(4-5-19-17(14)22)21-6-8-24-9-7-21/h1-5,10-11H,6-9H2,(H2,18,23). The molecule has 3 heterocycles. The molecule has 1 saturated heterocycles. The predicted octanol–water partition coefficient (Wildman–Crippen LogP) is 1.33. The number of hydrogen-bond donors (Lipinski definition) is 1. The molecule has 2 aromatic heterocycles. The Labute approximate surface area is 138 Å². The number of nitrogens with zero attached hydrogens (tertiary/aromatic N) is 4. The molecular formula is C17H17N5O2. The number of amides is 1. The molecule has 1 aliphatic rings. The first-order chi connectivity index (χ1) is 11.7. The number of aromatic nitrogens is 3. The van der Waals surface area contributed by atoms with Gasteiger partial charge in [0.15, 0.2) is 5.65 Å². The summed E-state index contributed by atoms with van der Waals surface area (Å²) in [6.45, 7) is 3.06. The number of fused-ring (bicyclic) bond motifs is 1. The zero-order valence-electron chi connectivity index (χ0n) is 13.1. The topological polar surface area (TPSA) is 85.8 Å². The lowest BCUT2D eigenvalue weighted by Crippen LogP contribution is -2.37. The molecule has 3 aromatic rings. The summed E-state index contributed by atoms with van der Waals surface area (Å²) in [4.78, 5) is 18.1. The minimum Gasteiger partial charge on any atom is -0.378 e. The minimum atomic E-state index is -0.449. The summed E-state index contributed by atoms with van der Waals surface area (Å²) in [7, 11) is 0. The van der Waals surface area contributed by atoms with Crippen LogP contribution in [0.3, 0.4) is 0 Å². The van der Waals surface area contributed by atoms with Crippen molar-refractivity contribution in [2.45, 2.75) is 0 Å². The van der Waals surface area contributed by atoms with E-state index in [-0.39, 0.29) is 0 Å². The highest BCUT2D eigenvalue weighted by atomic mass is 16.5. The highest BCUT2D eigenvalue weighted by Gasteiger charge is 2.17. The van der Waals surface area contributed by atoms with Crippen LogP contribution in [0, 0.1) is 0 Å². The molecule has 7 heteroatoms. The van der Waals surface area contributed by atoms with E-state index in [9.17, 15) is 4.79 Å². The van der Waals surface area contributed by atoms with Gasteiger partial charge in [-0.15, -0.1) is 0 Å². The van der Waals surface area contributed by atoms with Crippen molar-refractivity contribution < 1.29 is 9.53 Å². The summed E-state index contributed by atoms with van der Waals surface area (Å²) in [5, 5.41) is 4.50. The highest BCUT2D eigenvalue weighted by Crippen LogP contribution is 2.27. The van der Waals surface area contributed by atoms with Crippen molar-refractivity contribution in [3.63, 3.8) is 0 Å². The summed E-state index contributed by atoms with van der Waals surface area (Å²) in [5.41, 5.74) is 8.33. The third-order valence-electron chi connectivity index (χ3n) is 4.17. The van der Waals surface area contributed by atoms with Crippen LogP contribution in [0.4, 0.5) is 5.82 Å². The SMILES string of the molecule is NC(=O)c1cccc(-c2cnn3c(N4CCOCC4)ccnc23)c1. The van der Waals surface area contributed by atoms with Crippen LogP contribution in [0.5, 0.6) is 0 Å². The molecule has 0 unspecified atom stereocenters. The maximum absolute atomic E-state index is 11.4. The van der Waals surface area contributed by atoms with Crippen molar-refractivity contribution in [3.8, 4) is 11.1 Å². The molecule has 4 rings (SSSR count). The summed E-state index contributed by atoms with van der Waals surface area (Å²) in [6, 6.07) is 9.15. The number of hydrogen-bond acceptors (Lipinski definition) is 5. The van der Waals surface area contributed by atoms with Gasteiger partial charge in [-0.1, -0.05) is 12.1 Å². The van der Waals surface area contributed by atoms with Crippen LogP contribution in [-0.4, -0.2) is 46.8 Å². The number of nitrogens with two attached hydrogens (primary N) is 1. The highest BCUT2D eigenvalue weighted by molar-refractivity contribution is 5.94. The van der Waals surface area contributed by atoms with Gasteiger partial charge in [-0.2, -0.15) is 9.61 Å². The minimum absolute atomic E-state index is 0.449. The Kier molecular flexibility index (Phi) is 3.62. The number of rotatable bonds is 3. The Hall–Kier alpha value is -2.93. The molecule has 24 heavy (non-hydrogen) atoms. The first kappa shape index (κ1) is 14.6. The van der Waals surface area contributed by atoms with Gasteiger partial charge in [0, 0.05) is 30.4 Å². The van der Waals surface area contributed by atoms with E-state index < -0.39 is 5.91 Å². The average molecular weight is 323 g/mol. The Morgan fingerprint density at radius 3 is 2.83 bits per heavy atom. The van der Waals surface area contributed by atoms with Gasteiger partial charge in [0.25, 0.3) is 0 Å². The Bertz CT molecular complexity index is 899. The molecule has 0 aliphatic carbocycles. The van der Waals surface area contributed by atoms with Crippen molar-refractivity contribution >= 4 is 17.4 Å². The lowest BCUT2D eigenvalue weighted by Gasteiger charge is -2.28. The summed E-state index contributed by atoms with van der Waals surface area (Å²) >= 11 is 0. The fraction of sp³-hybridized carbons (Fsp3) is 0.235. The Morgan fingerprint density at radius 2 is 2.04 bits per heavy atom. The molecule has 2 N–H and O–H groups in total. The predicted molar refractivity (Wildman–Crippen MR) is 90.0 cm³/mol. The maximum atomic E-state index is 11.4. The van der Waals surface area contributed by atoms with E-state index in [2.05, 4.69) is 15.0 Å². The van der Waals surface area contributed by atoms with Gasteiger partial charge in [0.05, 0.1) is 19.4 Å². The largest absolute Gasteiger partial charge is 0.378 e. The number of primary amides is 1. The zero-order valence-corrected chi connectivity index (χ0v) is 13.1. The lowest BCUT2D eigenvalue weighted by molar-refractivity contribution is 0.100. The molecule has 1 fully saturated rings. The normalized spacial score (nSPS) is 14.9. The van der Waals surface area contributed by atoms with E-state index in [1.165, 1.54) is 0 Å². The van der Waals surface area contributed by atoms with Crippen LogP contribution < -0.4 is 10.6 Å². The molecule has 0 bridgehead atoms. The fourth-order valence-corrected chi connectivity index (χ4v) is 2.95. The Balaban J connectivity index is 1.81. The van der Waals surface area contributed by atoms with Crippen LogP contribution in [0.15, 0.2) is 42.7 Å². The van der Waals surface area contributed by atoms with Gasteiger partial charge in [-0.25, -0.2) is 4.98 Å². The molecule has 0 atom stereocenters. The van der Waals surface area contributed by atoms with Gasteiger partial charge >= 0.3 is 0 Å². The number of ether oxygens (including phenoxy) is 1. The quantitative estimate of drug-likeness (QED) is 0.786. The lowest BCUT2D eigenvalue weighted by atomic mass is 10.1. The van der Waals surface area contributed by atoms with E-state index in [0.717, 1.165) is 35.7 Å². The average Bonchev–Trinajstić information content (AvgIpc) is 3.06. The van der Waals surface area contributed by atoms with E-state index in [4.69, 9.17) is 10.5 Å². The van der Waals surface area contributed by atoms with Crippen molar-refractivity contribution in [3.05, 3.63) is 48.3 Å². The first-order valence-corrected chi connectivity index (χ1v) is 7.80. The van der Waals surface area contributed by atoms with Gasteiger partial charge in [0.1, 0.15) is 5.82 Å². The van der Waals surface area contributed by atoms with Crippen LogP contribution in [0.2, 0.25) is 0 Å². The van der Waals surface area contributed by atoms with Crippen molar-refractivity contribution in [1.82, 2.24) is 14.6 Å². The summed E-state index contributed by atoms with van der Waals surface area (Å²) < 4.78 is 7.24. The fourth-order valence-electron chi connectivity index (χ4n) is 2.95. The van der Waals surface area contributed by atoms with Crippen molar-refractivity contribution in [2.24, 2.45) is 5.73 Å². The maximum Gasteiger partial charge on any atom is 0.248 e. The molecule has 7 nitrogen and oxygen atoms in total. The Morgan fingerprint density at radius 1 is 1.21 bits per heavy atom. The van der Waals surface area contributed by atoms with Crippen LogP contribution in [-0.2, 0) is 4.74 Å². The van der Waals surface area contributed by atoms with Gasteiger partial charge < -0.3 is 15.4 Å². The molecule has 1 aromatic carbocycles. The summed E-state index contributed by atoms with van der Waals surface area (Å²) in [6.07, 6.45) is 3.55. The van der Waals surface area contributed by atoms with E-state index in [1.807, 2.05) is 22.7 Å². The number of anilines is 1. The number of benzene rings is 1. The smallest absolute Gasteiger partial charge is 0.248 e. The molecule has 1 amide bonds. The second-order valence-electron chi connectivity index (χ2n) is 5.64. The zero-order chi connectivity index (χ0) is 16.5. The number of morpholine rings is 1. The van der Waals surface area contributed by atoms with E-state index in [1.54, 1.807) is 24.5 Å². The molecule has 0 radical (unpaired) electrons. The van der Waals surface area contributed by atoms with Crippen LogP contribution >= 0.6 is 0 Å². The first-order valence-electron chi connectivity index (χ1n) is 7.80. The third kappa shape index (κ3) is 2.48. The second-order valence-corrected chi connectivity index (χ2v) is 5.64. The van der Waals surface area contributed by atoms with Gasteiger partial charge in [-0.3, -0.25) is 4.79 Å². The molecular weight excluding hydrogens is 306 g/mol. The van der Waals surface area contributed by atoms with Crippen molar-refractivity contribution in [1.29, 1.82) is 0 Å². The van der Waals surface area contributed by atoms with E-state index in [0.29, 0.717) is 18.8 Å². The third-order valence-corrected chi connectivity index (χ3v) is 4.17. The van der Waals surface area contributed by atoms with Crippen LogP contribution in [0.1, 0.15) is 10.4 Å². The number of carbonyl (C=O) groups excluding carboxylic acids is 1. The van der Waals surface area contributed by atoms with Gasteiger partial charge in [0.2, 0.25) is 5.91 Å². The second kappa shape index (κ2) is 5.93. The van der Waals surface area contributed by atoms with Crippen LogP contribution in [0.25, 0.3) is 16.8 Å². The molecule has 1 aliphatic heterocycles. The van der Waals surface area contributed by atoms with E-state index >= 15 is 0 Å². The summed E-state index contributed by atoms with van der Waals surface area (Å²) in [5.74, 6) is 0.538.